The summed E-state index contributed by atoms with van der Waals surface area (Å²) in [4.78, 5) is 36.3. The van der Waals surface area contributed by atoms with Crippen molar-refractivity contribution in [1.82, 2.24) is 15.5 Å². The molecule has 8 heteroatoms. The van der Waals surface area contributed by atoms with Crippen molar-refractivity contribution < 1.29 is 19.5 Å². The molecule has 1 atom stereocenters. The lowest BCUT2D eigenvalue weighted by Crippen LogP contribution is -2.55. The van der Waals surface area contributed by atoms with Gasteiger partial charge < -0.3 is 20.6 Å². The summed E-state index contributed by atoms with van der Waals surface area (Å²) < 4.78 is 0.880. The number of nitrogens with one attached hydrogen (secondary N) is 2. The lowest BCUT2D eigenvalue weighted by atomic mass is 10.0. The predicted molar refractivity (Wildman–Crippen MR) is 82.3 cm³/mol. The van der Waals surface area contributed by atoms with E-state index in [1.54, 1.807) is 24.3 Å². The summed E-state index contributed by atoms with van der Waals surface area (Å²) in [6.07, 6.45) is -0.158. The van der Waals surface area contributed by atoms with Crippen LogP contribution in [0.15, 0.2) is 28.7 Å². The number of carboxylic acid groups (broad SMARTS) is 1. The van der Waals surface area contributed by atoms with Crippen molar-refractivity contribution in [2.75, 3.05) is 19.6 Å². The highest BCUT2D eigenvalue weighted by Gasteiger charge is 2.34. The molecule has 22 heavy (non-hydrogen) atoms. The summed E-state index contributed by atoms with van der Waals surface area (Å²) in [5.74, 6) is -1.23. The standard InChI is InChI=1S/C14H16BrN3O4/c15-10-3-1-9(2-4-10)12-13(21)16-7-8-18(12)14(22)17-6-5-11(19)20/h1-4,12H,5-8H2,(H,16,21)(H,17,22)(H,19,20). The zero-order valence-corrected chi connectivity index (χ0v) is 13.3. The predicted octanol–water partition coefficient (Wildman–Crippen LogP) is 1.11. The molecule has 1 fully saturated rings. The number of carbonyl (C=O) groups is 3. The fourth-order valence-corrected chi connectivity index (χ4v) is 2.50. The molecule has 1 heterocycles. The van der Waals surface area contributed by atoms with Gasteiger partial charge in [-0.05, 0) is 17.7 Å². The number of benzene rings is 1. The van der Waals surface area contributed by atoms with E-state index in [4.69, 9.17) is 5.11 Å². The van der Waals surface area contributed by atoms with Gasteiger partial charge in [0.1, 0.15) is 6.04 Å². The van der Waals surface area contributed by atoms with Crippen LogP contribution in [-0.4, -0.2) is 47.5 Å². The lowest BCUT2D eigenvalue weighted by Gasteiger charge is -2.35. The monoisotopic (exact) mass is 369 g/mol. The Morgan fingerprint density at radius 2 is 2.05 bits per heavy atom. The number of nitrogens with zero attached hydrogens (tertiary/aromatic N) is 1. The second-order valence-corrected chi connectivity index (χ2v) is 5.73. The molecule has 0 spiro atoms. The topological polar surface area (TPSA) is 98.7 Å². The van der Waals surface area contributed by atoms with Gasteiger partial charge in [0.15, 0.2) is 0 Å². The highest BCUT2D eigenvalue weighted by molar-refractivity contribution is 9.10. The first-order valence-electron chi connectivity index (χ1n) is 6.78. The molecule has 1 saturated heterocycles. The van der Waals surface area contributed by atoms with Crippen molar-refractivity contribution in [1.29, 1.82) is 0 Å². The summed E-state index contributed by atoms with van der Waals surface area (Å²) in [5.41, 5.74) is 0.703. The minimum absolute atomic E-state index is 0.0271. The fourth-order valence-electron chi connectivity index (χ4n) is 2.24. The summed E-state index contributed by atoms with van der Waals surface area (Å²) in [5, 5.41) is 13.9. The number of hydrogen-bond donors (Lipinski definition) is 3. The van der Waals surface area contributed by atoms with Gasteiger partial charge in [-0.15, -0.1) is 0 Å². The second kappa shape index (κ2) is 7.26. The molecule has 118 valence electrons. The van der Waals surface area contributed by atoms with Crippen LogP contribution in [0.5, 0.6) is 0 Å². The zero-order valence-electron chi connectivity index (χ0n) is 11.7. The largest absolute Gasteiger partial charge is 0.481 e. The highest BCUT2D eigenvalue weighted by atomic mass is 79.9. The molecule has 1 aromatic carbocycles. The minimum Gasteiger partial charge on any atom is -0.481 e. The number of urea groups is 1. The molecule has 0 radical (unpaired) electrons. The molecule has 1 aliphatic rings. The maximum Gasteiger partial charge on any atom is 0.318 e. The molecule has 0 aromatic heterocycles. The smallest absolute Gasteiger partial charge is 0.318 e. The van der Waals surface area contributed by atoms with Crippen LogP contribution in [0, 0.1) is 0 Å². The first-order chi connectivity index (χ1) is 10.5. The molecule has 7 nitrogen and oxygen atoms in total. The Kier molecular flexibility index (Phi) is 5.37. The van der Waals surface area contributed by atoms with Crippen LogP contribution < -0.4 is 10.6 Å². The van der Waals surface area contributed by atoms with Crippen LogP contribution in [0.2, 0.25) is 0 Å². The SMILES string of the molecule is O=C(O)CCNC(=O)N1CCNC(=O)C1c1ccc(Br)cc1. The molecule has 1 aliphatic heterocycles. The molecule has 0 saturated carbocycles. The second-order valence-electron chi connectivity index (χ2n) is 4.81. The molecule has 0 bridgehead atoms. The van der Waals surface area contributed by atoms with E-state index in [0.29, 0.717) is 18.7 Å². The first-order valence-corrected chi connectivity index (χ1v) is 7.58. The molecular formula is C14H16BrN3O4. The van der Waals surface area contributed by atoms with Gasteiger partial charge in [0.25, 0.3) is 0 Å². The van der Waals surface area contributed by atoms with E-state index in [0.717, 1.165) is 4.47 Å². The third kappa shape index (κ3) is 3.97. The van der Waals surface area contributed by atoms with E-state index in [-0.39, 0.29) is 18.9 Å². The van der Waals surface area contributed by atoms with Crippen LogP contribution >= 0.6 is 15.9 Å². The molecule has 3 amide bonds. The van der Waals surface area contributed by atoms with E-state index in [2.05, 4.69) is 26.6 Å². The maximum atomic E-state index is 12.2. The van der Waals surface area contributed by atoms with Crippen LogP contribution in [0.1, 0.15) is 18.0 Å². The highest BCUT2D eigenvalue weighted by Crippen LogP contribution is 2.24. The van der Waals surface area contributed by atoms with E-state index in [1.165, 1.54) is 4.90 Å². The molecular weight excluding hydrogens is 354 g/mol. The number of carbonyl (C=O) groups excluding carboxylic acids is 2. The van der Waals surface area contributed by atoms with E-state index >= 15 is 0 Å². The fraction of sp³-hybridized carbons (Fsp3) is 0.357. The van der Waals surface area contributed by atoms with Crippen LogP contribution in [0.3, 0.4) is 0 Å². The van der Waals surface area contributed by atoms with Crippen LogP contribution in [0.25, 0.3) is 0 Å². The first kappa shape index (κ1) is 16.3. The van der Waals surface area contributed by atoms with Gasteiger partial charge in [-0.25, -0.2) is 4.79 Å². The Balaban J connectivity index is 2.12. The number of hydrogen-bond acceptors (Lipinski definition) is 3. The molecule has 2 rings (SSSR count). The van der Waals surface area contributed by atoms with Crippen molar-refractivity contribution >= 4 is 33.8 Å². The van der Waals surface area contributed by atoms with Crippen molar-refractivity contribution in [3.8, 4) is 0 Å². The summed E-state index contributed by atoms with van der Waals surface area (Å²) >= 11 is 3.33. The third-order valence-corrected chi connectivity index (χ3v) is 3.80. The Labute approximate surface area is 135 Å². The van der Waals surface area contributed by atoms with Gasteiger partial charge in [0.05, 0.1) is 6.42 Å². The van der Waals surface area contributed by atoms with Gasteiger partial charge in [-0.3, -0.25) is 9.59 Å². The normalized spacial score (nSPS) is 17.8. The Bertz CT molecular complexity index is 576. The van der Waals surface area contributed by atoms with Crippen LogP contribution in [-0.2, 0) is 9.59 Å². The van der Waals surface area contributed by atoms with Gasteiger partial charge in [-0.2, -0.15) is 0 Å². The maximum absolute atomic E-state index is 12.2. The van der Waals surface area contributed by atoms with Crippen molar-refractivity contribution in [2.45, 2.75) is 12.5 Å². The Hall–Kier alpha value is -2.09. The van der Waals surface area contributed by atoms with Crippen molar-refractivity contribution in [3.63, 3.8) is 0 Å². The van der Waals surface area contributed by atoms with Gasteiger partial charge >= 0.3 is 12.0 Å². The van der Waals surface area contributed by atoms with Crippen molar-refractivity contribution in [2.24, 2.45) is 0 Å². The molecule has 1 aromatic rings. The number of aliphatic carboxylic acids is 1. The Morgan fingerprint density at radius 3 is 2.68 bits per heavy atom. The third-order valence-electron chi connectivity index (χ3n) is 3.27. The minimum atomic E-state index is -0.985. The summed E-state index contributed by atoms with van der Waals surface area (Å²) in [6.45, 7) is 0.767. The number of amides is 3. The van der Waals surface area contributed by atoms with E-state index in [9.17, 15) is 14.4 Å². The molecule has 1 unspecified atom stereocenters. The van der Waals surface area contributed by atoms with E-state index < -0.39 is 18.0 Å². The van der Waals surface area contributed by atoms with Crippen LogP contribution in [0.4, 0.5) is 4.79 Å². The van der Waals surface area contributed by atoms with Gasteiger partial charge in [0.2, 0.25) is 5.91 Å². The zero-order chi connectivity index (χ0) is 16.1. The van der Waals surface area contributed by atoms with E-state index in [1.807, 2.05) is 0 Å². The molecule has 0 aliphatic carbocycles. The number of halogens is 1. The average Bonchev–Trinajstić information content (AvgIpc) is 2.47. The quantitative estimate of drug-likeness (QED) is 0.739. The average molecular weight is 370 g/mol. The number of rotatable bonds is 4. The Morgan fingerprint density at radius 1 is 1.36 bits per heavy atom. The summed E-state index contributed by atoms with van der Waals surface area (Å²) in [6, 6.07) is 6.00. The number of piperazine rings is 1. The number of carboxylic acids is 1. The summed E-state index contributed by atoms with van der Waals surface area (Å²) in [7, 11) is 0. The molecule has 3 N–H and O–H groups in total. The lowest BCUT2D eigenvalue weighted by molar-refractivity contribution is -0.137. The van der Waals surface area contributed by atoms with Crippen molar-refractivity contribution in [3.05, 3.63) is 34.3 Å². The van der Waals surface area contributed by atoms with Gasteiger partial charge in [0, 0.05) is 24.1 Å². The van der Waals surface area contributed by atoms with Gasteiger partial charge in [-0.1, -0.05) is 28.1 Å².